The van der Waals surface area contributed by atoms with E-state index in [-0.39, 0.29) is 0 Å². The van der Waals surface area contributed by atoms with Gasteiger partial charge in [0, 0.05) is 35.8 Å². The van der Waals surface area contributed by atoms with E-state index in [2.05, 4.69) is 38.8 Å². The van der Waals surface area contributed by atoms with Crippen LogP contribution in [0, 0.1) is 0 Å². The van der Waals surface area contributed by atoms with E-state index in [1.54, 1.807) is 6.20 Å². The zero-order chi connectivity index (χ0) is 10.4. The van der Waals surface area contributed by atoms with Gasteiger partial charge < -0.3 is 0 Å². The molecule has 1 rings (SSSR count). The molecule has 0 radical (unpaired) electrons. The van der Waals surface area contributed by atoms with Gasteiger partial charge in [-0.2, -0.15) is 0 Å². The van der Waals surface area contributed by atoms with Crippen LogP contribution < -0.4 is 0 Å². The minimum Gasteiger partial charge on any atom is -0.298 e. The summed E-state index contributed by atoms with van der Waals surface area (Å²) in [4.78, 5) is 6.41. The Hall–Kier alpha value is -0.120. The van der Waals surface area contributed by atoms with Crippen molar-refractivity contribution in [2.45, 2.75) is 13.5 Å². The van der Waals surface area contributed by atoms with Gasteiger partial charge in [0.25, 0.3) is 0 Å². The van der Waals surface area contributed by atoms with E-state index >= 15 is 0 Å². The number of hydrogen-bond acceptors (Lipinski definition) is 2. The minimum absolute atomic E-state index is 0.676. The highest BCUT2D eigenvalue weighted by Crippen LogP contribution is 2.11. The maximum absolute atomic E-state index is 5.71. The van der Waals surface area contributed by atoms with Gasteiger partial charge in [-0.25, -0.2) is 0 Å². The molecule has 1 aromatic heterocycles. The number of aromatic nitrogens is 1. The molecule has 0 aliphatic heterocycles. The standard InChI is InChI=1S/C10H14BrClN2/c1-2-14(4-3-12)8-9-5-10(11)7-13-6-9/h5-7H,2-4,8H2,1H3. The van der Waals surface area contributed by atoms with Gasteiger partial charge >= 0.3 is 0 Å². The van der Waals surface area contributed by atoms with Gasteiger partial charge in [0.1, 0.15) is 0 Å². The topological polar surface area (TPSA) is 16.1 Å². The lowest BCUT2D eigenvalue weighted by atomic mass is 10.2. The maximum Gasteiger partial charge on any atom is 0.0410 e. The van der Waals surface area contributed by atoms with E-state index in [1.165, 1.54) is 5.56 Å². The van der Waals surface area contributed by atoms with Crippen molar-refractivity contribution >= 4 is 27.5 Å². The first-order valence-electron chi connectivity index (χ1n) is 4.64. The smallest absolute Gasteiger partial charge is 0.0410 e. The molecule has 4 heteroatoms. The Morgan fingerprint density at radius 1 is 1.50 bits per heavy atom. The molecule has 0 unspecified atom stereocenters. The van der Waals surface area contributed by atoms with Crippen molar-refractivity contribution in [3.05, 3.63) is 28.5 Å². The van der Waals surface area contributed by atoms with Crippen molar-refractivity contribution in [3.63, 3.8) is 0 Å². The van der Waals surface area contributed by atoms with Crippen molar-refractivity contribution in [1.29, 1.82) is 0 Å². The number of rotatable bonds is 5. The fraction of sp³-hybridized carbons (Fsp3) is 0.500. The Labute approximate surface area is 98.4 Å². The van der Waals surface area contributed by atoms with Gasteiger partial charge in [0.15, 0.2) is 0 Å². The molecule has 0 aromatic carbocycles. The van der Waals surface area contributed by atoms with Crippen LogP contribution in [0.5, 0.6) is 0 Å². The van der Waals surface area contributed by atoms with Crippen LogP contribution in [0.15, 0.2) is 22.9 Å². The van der Waals surface area contributed by atoms with Gasteiger partial charge in [-0.15, -0.1) is 11.6 Å². The predicted octanol–water partition coefficient (Wildman–Crippen LogP) is 2.90. The zero-order valence-corrected chi connectivity index (χ0v) is 10.6. The molecule has 0 saturated carbocycles. The quantitative estimate of drug-likeness (QED) is 0.769. The molecule has 0 bridgehead atoms. The molecule has 0 spiro atoms. The van der Waals surface area contributed by atoms with E-state index in [9.17, 15) is 0 Å². The third kappa shape index (κ3) is 3.95. The Morgan fingerprint density at radius 2 is 2.29 bits per heavy atom. The Bertz CT molecular complexity index is 281. The van der Waals surface area contributed by atoms with Crippen LogP contribution in [0.1, 0.15) is 12.5 Å². The Kier molecular flexibility index (Phi) is 5.45. The molecule has 0 atom stereocenters. The fourth-order valence-corrected chi connectivity index (χ4v) is 1.92. The monoisotopic (exact) mass is 276 g/mol. The number of nitrogens with zero attached hydrogens (tertiary/aromatic N) is 2. The molecule has 0 amide bonds. The number of alkyl halides is 1. The van der Waals surface area contributed by atoms with Crippen LogP contribution in [0.2, 0.25) is 0 Å². The third-order valence-corrected chi connectivity index (χ3v) is 2.62. The summed E-state index contributed by atoms with van der Waals surface area (Å²) in [6.45, 7) is 4.98. The normalized spacial score (nSPS) is 10.9. The summed E-state index contributed by atoms with van der Waals surface area (Å²) >= 11 is 9.11. The summed E-state index contributed by atoms with van der Waals surface area (Å²) in [6, 6.07) is 2.09. The Morgan fingerprint density at radius 3 is 2.86 bits per heavy atom. The van der Waals surface area contributed by atoms with Crippen LogP contribution in [0.3, 0.4) is 0 Å². The largest absolute Gasteiger partial charge is 0.298 e. The summed E-state index contributed by atoms with van der Waals surface area (Å²) < 4.78 is 1.02. The lowest BCUT2D eigenvalue weighted by Crippen LogP contribution is -2.24. The van der Waals surface area contributed by atoms with E-state index in [1.807, 2.05) is 6.20 Å². The third-order valence-electron chi connectivity index (χ3n) is 2.02. The van der Waals surface area contributed by atoms with Crippen molar-refractivity contribution < 1.29 is 0 Å². The van der Waals surface area contributed by atoms with Crippen molar-refractivity contribution in [2.24, 2.45) is 0 Å². The second kappa shape index (κ2) is 6.38. The molecule has 0 saturated heterocycles. The summed E-state index contributed by atoms with van der Waals surface area (Å²) in [5, 5.41) is 0. The molecule has 14 heavy (non-hydrogen) atoms. The van der Waals surface area contributed by atoms with Gasteiger partial charge in [0.05, 0.1) is 0 Å². The van der Waals surface area contributed by atoms with Crippen LogP contribution in [-0.4, -0.2) is 28.9 Å². The molecule has 1 aromatic rings. The first-order chi connectivity index (χ1) is 6.76. The van der Waals surface area contributed by atoms with Crippen molar-refractivity contribution in [2.75, 3.05) is 19.0 Å². The highest BCUT2D eigenvalue weighted by molar-refractivity contribution is 9.10. The number of pyridine rings is 1. The zero-order valence-electron chi connectivity index (χ0n) is 8.21. The molecular weight excluding hydrogens is 263 g/mol. The van der Waals surface area contributed by atoms with Crippen LogP contribution in [0.4, 0.5) is 0 Å². The molecule has 2 nitrogen and oxygen atoms in total. The molecule has 0 aliphatic rings. The predicted molar refractivity (Wildman–Crippen MR) is 63.6 cm³/mol. The molecule has 1 heterocycles. The van der Waals surface area contributed by atoms with Gasteiger partial charge in [0.2, 0.25) is 0 Å². The van der Waals surface area contributed by atoms with Crippen LogP contribution in [0.25, 0.3) is 0 Å². The molecule has 0 aliphatic carbocycles. The van der Waals surface area contributed by atoms with E-state index in [4.69, 9.17) is 11.6 Å². The first-order valence-corrected chi connectivity index (χ1v) is 5.96. The lowest BCUT2D eigenvalue weighted by molar-refractivity contribution is 0.297. The first kappa shape index (κ1) is 12.0. The molecule has 78 valence electrons. The highest BCUT2D eigenvalue weighted by atomic mass is 79.9. The second-order valence-electron chi connectivity index (χ2n) is 3.07. The van der Waals surface area contributed by atoms with E-state index in [0.717, 1.165) is 24.1 Å². The summed E-state index contributed by atoms with van der Waals surface area (Å²) in [7, 11) is 0. The Balaban J connectivity index is 2.57. The summed E-state index contributed by atoms with van der Waals surface area (Å²) in [5.74, 6) is 0.676. The van der Waals surface area contributed by atoms with E-state index in [0.29, 0.717) is 5.88 Å². The van der Waals surface area contributed by atoms with Gasteiger partial charge in [-0.05, 0) is 34.1 Å². The second-order valence-corrected chi connectivity index (χ2v) is 4.36. The number of halogens is 2. The summed E-state index contributed by atoms with van der Waals surface area (Å²) in [5.41, 5.74) is 1.21. The maximum atomic E-state index is 5.71. The fourth-order valence-electron chi connectivity index (χ4n) is 1.27. The average molecular weight is 278 g/mol. The SMILES string of the molecule is CCN(CCCl)Cc1cncc(Br)c1. The van der Waals surface area contributed by atoms with E-state index < -0.39 is 0 Å². The van der Waals surface area contributed by atoms with Crippen molar-refractivity contribution in [1.82, 2.24) is 9.88 Å². The molecular formula is C10H14BrClN2. The summed E-state index contributed by atoms with van der Waals surface area (Å²) in [6.07, 6.45) is 3.68. The average Bonchev–Trinajstić information content (AvgIpc) is 2.17. The number of hydrogen-bond donors (Lipinski definition) is 0. The van der Waals surface area contributed by atoms with Crippen molar-refractivity contribution in [3.8, 4) is 0 Å². The lowest BCUT2D eigenvalue weighted by Gasteiger charge is -2.18. The minimum atomic E-state index is 0.676. The highest BCUT2D eigenvalue weighted by Gasteiger charge is 2.03. The van der Waals surface area contributed by atoms with Crippen LogP contribution >= 0.6 is 27.5 Å². The van der Waals surface area contributed by atoms with Gasteiger partial charge in [-0.1, -0.05) is 6.92 Å². The molecule has 0 N–H and O–H groups in total. The van der Waals surface area contributed by atoms with Crippen LogP contribution in [-0.2, 0) is 6.54 Å². The molecule has 0 fully saturated rings. The van der Waals surface area contributed by atoms with Gasteiger partial charge in [-0.3, -0.25) is 9.88 Å².